The summed E-state index contributed by atoms with van der Waals surface area (Å²) in [6.07, 6.45) is 0. The Morgan fingerprint density at radius 1 is 1.13 bits per heavy atom. The number of nitrogens with one attached hydrogen (secondary N) is 1. The van der Waals surface area contributed by atoms with Crippen LogP contribution in [0.5, 0.6) is 0 Å². The lowest BCUT2D eigenvalue weighted by molar-refractivity contribution is -0.113. The van der Waals surface area contributed by atoms with Crippen LogP contribution in [0.15, 0.2) is 42.5 Å². The Bertz CT molecular complexity index is 671. The number of carbonyl (C=O) groups is 1. The van der Waals surface area contributed by atoms with E-state index in [9.17, 15) is 13.6 Å². The van der Waals surface area contributed by atoms with Crippen LogP contribution in [0.25, 0.3) is 0 Å². The smallest absolute Gasteiger partial charge is 0.234 e. The zero-order valence-corrected chi connectivity index (χ0v) is 13.9. The highest BCUT2D eigenvalue weighted by molar-refractivity contribution is 7.99. The molecule has 0 aliphatic carbocycles. The van der Waals surface area contributed by atoms with Crippen LogP contribution in [0.4, 0.5) is 14.5 Å². The van der Waals surface area contributed by atoms with Crippen LogP contribution in [0.1, 0.15) is 30.9 Å². The van der Waals surface area contributed by atoms with Crippen molar-refractivity contribution >= 4 is 23.4 Å². The second kappa shape index (κ2) is 8.11. The van der Waals surface area contributed by atoms with Gasteiger partial charge in [0.15, 0.2) is 0 Å². The molecule has 2 aromatic carbocycles. The van der Waals surface area contributed by atoms with Crippen LogP contribution < -0.4 is 5.32 Å². The van der Waals surface area contributed by atoms with Gasteiger partial charge in [-0.15, -0.1) is 11.8 Å². The highest BCUT2D eigenvalue weighted by atomic mass is 32.2. The molecule has 0 bridgehead atoms. The molecule has 2 rings (SSSR count). The van der Waals surface area contributed by atoms with E-state index in [0.29, 0.717) is 11.7 Å². The molecule has 0 unspecified atom stereocenters. The average molecular weight is 335 g/mol. The van der Waals surface area contributed by atoms with Gasteiger partial charge in [-0.3, -0.25) is 4.79 Å². The van der Waals surface area contributed by atoms with Gasteiger partial charge in [0.25, 0.3) is 0 Å². The monoisotopic (exact) mass is 335 g/mol. The summed E-state index contributed by atoms with van der Waals surface area (Å²) in [5.41, 5.74) is 2.42. The summed E-state index contributed by atoms with van der Waals surface area (Å²) in [7, 11) is 0. The Labute approximate surface area is 139 Å². The number of benzene rings is 2. The lowest BCUT2D eigenvalue weighted by Crippen LogP contribution is -2.15. The first-order valence-electron chi connectivity index (χ1n) is 7.37. The van der Waals surface area contributed by atoms with Crippen molar-refractivity contribution < 1.29 is 13.6 Å². The van der Waals surface area contributed by atoms with Gasteiger partial charge in [-0.1, -0.05) is 38.1 Å². The van der Waals surface area contributed by atoms with Crippen molar-refractivity contribution in [2.75, 3.05) is 11.1 Å². The quantitative estimate of drug-likeness (QED) is 0.808. The van der Waals surface area contributed by atoms with Crippen LogP contribution in [0.3, 0.4) is 0 Å². The molecule has 122 valence electrons. The number of halogens is 2. The third-order valence-electron chi connectivity index (χ3n) is 3.35. The van der Waals surface area contributed by atoms with E-state index in [1.54, 1.807) is 0 Å². The SMILES string of the molecule is CC(C)c1ccc(CSCC(=O)Nc2ccc(F)cc2F)cc1. The Morgan fingerprint density at radius 2 is 1.83 bits per heavy atom. The van der Waals surface area contributed by atoms with Gasteiger partial charge in [0.05, 0.1) is 11.4 Å². The van der Waals surface area contributed by atoms with Crippen LogP contribution in [0, 0.1) is 11.6 Å². The van der Waals surface area contributed by atoms with Gasteiger partial charge >= 0.3 is 0 Å². The van der Waals surface area contributed by atoms with E-state index in [2.05, 4.69) is 43.4 Å². The number of thioether (sulfide) groups is 1. The fourth-order valence-corrected chi connectivity index (χ4v) is 2.83. The number of hydrogen-bond donors (Lipinski definition) is 1. The van der Waals surface area contributed by atoms with Gasteiger partial charge in [-0.25, -0.2) is 8.78 Å². The second-order valence-corrected chi connectivity index (χ2v) is 6.55. The fraction of sp³-hybridized carbons (Fsp3) is 0.278. The largest absolute Gasteiger partial charge is 0.323 e. The molecule has 0 aliphatic heterocycles. The summed E-state index contributed by atoms with van der Waals surface area (Å²) < 4.78 is 26.2. The molecule has 2 aromatic rings. The minimum absolute atomic E-state index is 0.00159. The van der Waals surface area contributed by atoms with Crippen LogP contribution in [0.2, 0.25) is 0 Å². The molecule has 0 fully saturated rings. The van der Waals surface area contributed by atoms with Gasteiger partial charge in [0.2, 0.25) is 5.91 Å². The highest BCUT2D eigenvalue weighted by Crippen LogP contribution is 2.19. The van der Waals surface area contributed by atoms with Gasteiger partial charge < -0.3 is 5.32 Å². The predicted octanol–water partition coefficient (Wildman–Crippen LogP) is 4.96. The molecule has 1 N–H and O–H groups in total. The number of anilines is 1. The molecule has 23 heavy (non-hydrogen) atoms. The van der Waals surface area contributed by atoms with E-state index in [1.165, 1.54) is 23.4 Å². The standard InChI is InChI=1S/C18H19F2NOS/c1-12(2)14-5-3-13(4-6-14)10-23-11-18(22)21-17-8-7-15(19)9-16(17)20/h3-9,12H,10-11H2,1-2H3,(H,21,22). The number of rotatable bonds is 6. The average Bonchev–Trinajstić information content (AvgIpc) is 2.50. The topological polar surface area (TPSA) is 29.1 Å². The molecule has 0 spiro atoms. The van der Waals surface area contributed by atoms with Crippen molar-refractivity contribution in [1.82, 2.24) is 0 Å². The molecule has 0 radical (unpaired) electrons. The minimum atomic E-state index is -0.771. The van der Waals surface area contributed by atoms with E-state index in [-0.39, 0.29) is 17.3 Å². The van der Waals surface area contributed by atoms with Crippen molar-refractivity contribution in [3.8, 4) is 0 Å². The highest BCUT2D eigenvalue weighted by Gasteiger charge is 2.08. The number of carbonyl (C=O) groups excluding carboxylic acids is 1. The Hall–Kier alpha value is -1.88. The molecule has 1 amide bonds. The minimum Gasteiger partial charge on any atom is -0.323 e. The summed E-state index contributed by atoms with van der Waals surface area (Å²) in [6, 6.07) is 11.4. The van der Waals surface area contributed by atoms with E-state index in [4.69, 9.17) is 0 Å². The van der Waals surface area contributed by atoms with E-state index < -0.39 is 11.6 Å². The lowest BCUT2D eigenvalue weighted by atomic mass is 10.0. The lowest BCUT2D eigenvalue weighted by Gasteiger charge is -2.08. The summed E-state index contributed by atoms with van der Waals surface area (Å²) in [5, 5.41) is 2.45. The van der Waals surface area contributed by atoms with Gasteiger partial charge in [-0.05, 0) is 29.2 Å². The van der Waals surface area contributed by atoms with Gasteiger partial charge in [0.1, 0.15) is 11.6 Å². The maximum Gasteiger partial charge on any atom is 0.234 e. The van der Waals surface area contributed by atoms with Gasteiger partial charge in [0, 0.05) is 11.8 Å². The van der Waals surface area contributed by atoms with Crippen molar-refractivity contribution in [3.05, 3.63) is 65.2 Å². The van der Waals surface area contributed by atoms with Crippen molar-refractivity contribution in [3.63, 3.8) is 0 Å². The molecule has 0 heterocycles. The van der Waals surface area contributed by atoms with Gasteiger partial charge in [-0.2, -0.15) is 0 Å². The van der Waals surface area contributed by atoms with Crippen LogP contribution in [-0.2, 0) is 10.5 Å². The maximum atomic E-state index is 13.4. The predicted molar refractivity (Wildman–Crippen MR) is 91.7 cm³/mol. The summed E-state index contributed by atoms with van der Waals surface area (Å²) in [6.45, 7) is 4.28. The first kappa shape index (κ1) is 17.5. The second-order valence-electron chi connectivity index (χ2n) is 5.56. The van der Waals surface area contributed by atoms with E-state index >= 15 is 0 Å². The summed E-state index contributed by atoms with van der Waals surface area (Å²) in [5.74, 6) is -0.333. The Morgan fingerprint density at radius 3 is 2.43 bits per heavy atom. The first-order chi connectivity index (χ1) is 11.0. The van der Waals surface area contributed by atoms with Crippen molar-refractivity contribution in [2.24, 2.45) is 0 Å². The zero-order valence-electron chi connectivity index (χ0n) is 13.1. The summed E-state index contributed by atoms with van der Waals surface area (Å²) in [4.78, 5) is 11.8. The fourth-order valence-electron chi connectivity index (χ4n) is 2.04. The molecule has 0 atom stereocenters. The van der Waals surface area contributed by atoms with E-state index in [0.717, 1.165) is 17.7 Å². The molecule has 5 heteroatoms. The zero-order chi connectivity index (χ0) is 16.8. The maximum absolute atomic E-state index is 13.4. The molecule has 2 nitrogen and oxygen atoms in total. The van der Waals surface area contributed by atoms with Crippen molar-refractivity contribution in [1.29, 1.82) is 0 Å². The van der Waals surface area contributed by atoms with E-state index in [1.807, 2.05) is 0 Å². The molecule has 0 aliphatic rings. The number of hydrogen-bond acceptors (Lipinski definition) is 2. The molecule has 0 saturated heterocycles. The van der Waals surface area contributed by atoms with Crippen molar-refractivity contribution in [2.45, 2.75) is 25.5 Å². The molecule has 0 aromatic heterocycles. The molecular weight excluding hydrogens is 316 g/mol. The third-order valence-corrected chi connectivity index (χ3v) is 4.36. The van der Waals surface area contributed by atoms with Crippen LogP contribution in [-0.4, -0.2) is 11.7 Å². The number of amides is 1. The van der Waals surface area contributed by atoms with Crippen LogP contribution >= 0.6 is 11.8 Å². The Balaban J connectivity index is 1.80. The molecule has 0 saturated carbocycles. The normalized spacial score (nSPS) is 10.8. The summed E-state index contributed by atoms with van der Waals surface area (Å²) >= 11 is 1.45. The first-order valence-corrected chi connectivity index (χ1v) is 8.52. The molecular formula is C18H19F2NOS. The third kappa shape index (κ3) is 5.36. The Kier molecular flexibility index (Phi) is 6.16.